The molecule has 1 amide bonds. The topological polar surface area (TPSA) is 55.1 Å². The Morgan fingerprint density at radius 3 is 2.88 bits per heavy atom. The van der Waals surface area contributed by atoms with E-state index in [1.165, 1.54) is 17.3 Å². The molecule has 1 aromatic carbocycles. The van der Waals surface area contributed by atoms with Crippen LogP contribution < -0.4 is 11.1 Å². The number of benzene rings is 1. The summed E-state index contributed by atoms with van der Waals surface area (Å²) in [5.74, 6) is -0.244. The van der Waals surface area contributed by atoms with Crippen LogP contribution in [0, 0.1) is 0 Å². The van der Waals surface area contributed by atoms with Crippen LogP contribution in [0.15, 0.2) is 29.2 Å². The molecule has 0 aromatic heterocycles. The molecule has 1 rings (SSSR count). The Balaban J connectivity index is 2.72. The van der Waals surface area contributed by atoms with Crippen LogP contribution in [0.1, 0.15) is 18.9 Å². The van der Waals surface area contributed by atoms with Gasteiger partial charge in [-0.05, 0) is 31.2 Å². The molecule has 16 heavy (non-hydrogen) atoms. The average molecular weight is 238 g/mol. The van der Waals surface area contributed by atoms with E-state index in [0.717, 1.165) is 17.9 Å². The summed E-state index contributed by atoms with van der Waals surface area (Å²) in [7, 11) is 1.91. The van der Waals surface area contributed by atoms with Crippen molar-refractivity contribution in [3.63, 3.8) is 0 Å². The van der Waals surface area contributed by atoms with Gasteiger partial charge < -0.3 is 11.1 Å². The molecule has 3 N–H and O–H groups in total. The lowest BCUT2D eigenvalue weighted by atomic mass is 10.2. The van der Waals surface area contributed by atoms with E-state index in [2.05, 4.69) is 17.4 Å². The van der Waals surface area contributed by atoms with Crippen molar-refractivity contribution in [1.82, 2.24) is 5.32 Å². The van der Waals surface area contributed by atoms with Crippen molar-refractivity contribution in [2.24, 2.45) is 5.73 Å². The van der Waals surface area contributed by atoms with Crippen LogP contribution in [0.2, 0.25) is 0 Å². The summed E-state index contributed by atoms with van der Waals surface area (Å²) in [4.78, 5) is 12.2. The Morgan fingerprint density at radius 2 is 2.31 bits per heavy atom. The molecule has 1 unspecified atom stereocenters. The summed E-state index contributed by atoms with van der Waals surface area (Å²) >= 11 is 1.53. The highest BCUT2D eigenvalue weighted by atomic mass is 32.2. The van der Waals surface area contributed by atoms with Gasteiger partial charge in [0.1, 0.15) is 0 Å². The van der Waals surface area contributed by atoms with Gasteiger partial charge in [-0.25, -0.2) is 0 Å². The lowest BCUT2D eigenvalue weighted by Crippen LogP contribution is -2.24. The fourth-order valence-corrected chi connectivity index (χ4v) is 2.43. The lowest BCUT2D eigenvalue weighted by molar-refractivity contribution is -0.117. The molecule has 0 fully saturated rings. The molecule has 0 radical (unpaired) electrons. The number of rotatable bonds is 6. The standard InChI is InChI=1S/C12H18N2OS/c1-3-11(12(13)15)16-10-6-4-5-9(7-10)8-14-2/h4-7,11,14H,3,8H2,1-2H3,(H2,13,15). The SMILES string of the molecule is CCC(Sc1cccc(CNC)c1)C(N)=O. The Kier molecular flexibility index (Phi) is 5.35. The summed E-state index contributed by atoms with van der Waals surface area (Å²) in [6.07, 6.45) is 0.760. The molecular weight excluding hydrogens is 220 g/mol. The molecule has 0 spiro atoms. The van der Waals surface area contributed by atoms with Crippen LogP contribution in [0.4, 0.5) is 0 Å². The van der Waals surface area contributed by atoms with Crippen molar-refractivity contribution in [2.75, 3.05) is 7.05 Å². The largest absolute Gasteiger partial charge is 0.369 e. The molecule has 0 aliphatic carbocycles. The van der Waals surface area contributed by atoms with Gasteiger partial charge in [-0.15, -0.1) is 11.8 Å². The van der Waals surface area contributed by atoms with Crippen molar-refractivity contribution in [3.8, 4) is 0 Å². The van der Waals surface area contributed by atoms with E-state index < -0.39 is 0 Å². The maximum Gasteiger partial charge on any atom is 0.230 e. The first kappa shape index (κ1) is 13.1. The molecular formula is C12H18N2OS. The van der Waals surface area contributed by atoms with Crippen molar-refractivity contribution in [3.05, 3.63) is 29.8 Å². The van der Waals surface area contributed by atoms with Crippen molar-refractivity contribution < 1.29 is 4.79 Å². The summed E-state index contributed by atoms with van der Waals surface area (Å²) in [5.41, 5.74) is 6.53. The molecule has 3 nitrogen and oxygen atoms in total. The highest BCUT2D eigenvalue weighted by molar-refractivity contribution is 8.00. The van der Waals surface area contributed by atoms with Crippen LogP contribution in [0.5, 0.6) is 0 Å². The van der Waals surface area contributed by atoms with Gasteiger partial charge in [0.2, 0.25) is 5.91 Å². The summed E-state index contributed by atoms with van der Waals surface area (Å²) in [5, 5.41) is 2.97. The zero-order valence-electron chi connectivity index (χ0n) is 9.69. The quantitative estimate of drug-likeness (QED) is 0.743. The number of hydrogen-bond donors (Lipinski definition) is 2. The van der Waals surface area contributed by atoms with Gasteiger partial charge in [-0.1, -0.05) is 19.1 Å². The Labute approximate surface area is 101 Å². The molecule has 1 atom stereocenters. The minimum absolute atomic E-state index is 0.134. The number of primary amides is 1. The fraction of sp³-hybridized carbons (Fsp3) is 0.417. The summed E-state index contributed by atoms with van der Waals surface area (Å²) in [6.45, 7) is 2.81. The van der Waals surface area contributed by atoms with Crippen LogP contribution in [-0.2, 0) is 11.3 Å². The molecule has 0 aliphatic rings. The predicted octanol–water partition coefficient (Wildman–Crippen LogP) is 1.76. The van der Waals surface area contributed by atoms with Crippen molar-refractivity contribution in [2.45, 2.75) is 30.0 Å². The summed E-state index contributed by atoms with van der Waals surface area (Å²) in [6, 6.07) is 8.16. The minimum atomic E-state index is -0.244. The third-order valence-electron chi connectivity index (χ3n) is 2.25. The van der Waals surface area contributed by atoms with Crippen LogP contribution in [0.3, 0.4) is 0 Å². The zero-order valence-corrected chi connectivity index (χ0v) is 10.5. The minimum Gasteiger partial charge on any atom is -0.369 e. The Bertz CT molecular complexity index is 355. The molecule has 88 valence electrons. The number of carbonyl (C=O) groups excluding carboxylic acids is 1. The van der Waals surface area contributed by atoms with Crippen molar-refractivity contribution >= 4 is 17.7 Å². The molecule has 0 saturated carbocycles. The second kappa shape index (κ2) is 6.55. The van der Waals surface area contributed by atoms with E-state index >= 15 is 0 Å². The van der Waals surface area contributed by atoms with E-state index in [1.807, 2.05) is 26.1 Å². The Hall–Kier alpha value is -1.00. The molecule has 0 bridgehead atoms. The summed E-state index contributed by atoms with van der Waals surface area (Å²) < 4.78 is 0. The number of nitrogens with one attached hydrogen (secondary N) is 1. The van der Waals surface area contributed by atoms with Crippen LogP contribution in [-0.4, -0.2) is 18.2 Å². The second-order valence-electron chi connectivity index (χ2n) is 3.59. The average Bonchev–Trinajstić information content (AvgIpc) is 2.26. The van der Waals surface area contributed by atoms with Gasteiger partial charge in [0.25, 0.3) is 0 Å². The number of nitrogens with two attached hydrogens (primary N) is 1. The molecule has 0 heterocycles. The fourth-order valence-electron chi connectivity index (χ4n) is 1.44. The van der Waals surface area contributed by atoms with Gasteiger partial charge >= 0.3 is 0 Å². The maximum absolute atomic E-state index is 11.1. The zero-order chi connectivity index (χ0) is 12.0. The van der Waals surface area contributed by atoms with Gasteiger partial charge in [0, 0.05) is 11.4 Å². The molecule has 1 aromatic rings. The highest BCUT2D eigenvalue weighted by Gasteiger charge is 2.14. The second-order valence-corrected chi connectivity index (χ2v) is 4.87. The van der Waals surface area contributed by atoms with E-state index in [1.54, 1.807) is 0 Å². The molecule has 0 saturated heterocycles. The number of hydrogen-bond acceptors (Lipinski definition) is 3. The molecule has 4 heteroatoms. The first-order chi connectivity index (χ1) is 7.67. The number of amides is 1. The van der Waals surface area contributed by atoms with Crippen LogP contribution >= 0.6 is 11.8 Å². The van der Waals surface area contributed by atoms with Crippen molar-refractivity contribution in [1.29, 1.82) is 0 Å². The molecule has 0 aliphatic heterocycles. The third-order valence-corrected chi connectivity index (χ3v) is 3.62. The van der Waals surface area contributed by atoms with Crippen LogP contribution in [0.25, 0.3) is 0 Å². The lowest BCUT2D eigenvalue weighted by Gasteiger charge is -2.11. The maximum atomic E-state index is 11.1. The monoisotopic (exact) mass is 238 g/mol. The third kappa shape index (κ3) is 3.87. The Morgan fingerprint density at radius 1 is 1.56 bits per heavy atom. The van der Waals surface area contributed by atoms with E-state index in [0.29, 0.717) is 0 Å². The van der Waals surface area contributed by atoms with Gasteiger partial charge in [-0.2, -0.15) is 0 Å². The van der Waals surface area contributed by atoms with Gasteiger partial charge in [0.15, 0.2) is 0 Å². The number of carbonyl (C=O) groups is 1. The van der Waals surface area contributed by atoms with E-state index in [4.69, 9.17) is 5.73 Å². The predicted molar refractivity (Wildman–Crippen MR) is 68.3 cm³/mol. The first-order valence-corrected chi connectivity index (χ1v) is 6.24. The first-order valence-electron chi connectivity index (χ1n) is 5.37. The van der Waals surface area contributed by atoms with Gasteiger partial charge in [-0.3, -0.25) is 4.79 Å². The normalized spacial score (nSPS) is 12.4. The van der Waals surface area contributed by atoms with E-state index in [-0.39, 0.29) is 11.2 Å². The van der Waals surface area contributed by atoms with E-state index in [9.17, 15) is 4.79 Å². The number of thioether (sulfide) groups is 1. The smallest absolute Gasteiger partial charge is 0.230 e. The highest BCUT2D eigenvalue weighted by Crippen LogP contribution is 2.25. The van der Waals surface area contributed by atoms with Gasteiger partial charge in [0.05, 0.1) is 5.25 Å².